The van der Waals surface area contributed by atoms with Crippen LogP contribution in [0.3, 0.4) is 0 Å². The van der Waals surface area contributed by atoms with Crippen LogP contribution in [0.5, 0.6) is 0 Å². The quantitative estimate of drug-likeness (QED) is 0.757. The van der Waals surface area contributed by atoms with Crippen molar-refractivity contribution in [2.45, 2.75) is 31.7 Å². The minimum atomic E-state index is -0.753. The fourth-order valence-electron chi connectivity index (χ4n) is 4.42. The highest BCUT2D eigenvalue weighted by atomic mass is 16.6. The Hall–Kier alpha value is -3.35. The summed E-state index contributed by atoms with van der Waals surface area (Å²) in [6.07, 6.45) is 1.43. The molecule has 168 valence electrons. The molecule has 7 nitrogen and oxygen atoms in total. The number of carbonyl (C=O) groups is 3. The number of rotatable bonds is 6. The second-order valence-electron chi connectivity index (χ2n) is 8.40. The van der Waals surface area contributed by atoms with Crippen molar-refractivity contribution in [3.05, 3.63) is 59.7 Å². The molecule has 1 saturated heterocycles. The van der Waals surface area contributed by atoms with Gasteiger partial charge in [0.1, 0.15) is 12.6 Å². The number of hydrogen-bond donors (Lipinski definition) is 1. The summed E-state index contributed by atoms with van der Waals surface area (Å²) in [6.45, 7) is 3.24. The Morgan fingerprint density at radius 2 is 1.59 bits per heavy atom. The fraction of sp³-hybridized carbons (Fsp3) is 0.400. The first-order chi connectivity index (χ1) is 15.5. The Kier molecular flexibility index (Phi) is 6.44. The molecule has 0 bridgehead atoms. The van der Waals surface area contributed by atoms with E-state index in [9.17, 15) is 14.4 Å². The largest absolute Gasteiger partial charge is 0.448 e. The predicted octanol–water partition coefficient (Wildman–Crippen LogP) is 2.99. The first kappa shape index (κ1) is 21.9. The lowest BCUT2D eigenvalue weighted by Gasteiger charge is -2.25. The molecule has 3 amide bonds. The van der Waals surface area contributed by atoms with Crippen LogP contribution in [0.2, 0.25) is 0 Å². The highest BCUT2D eigenvalue weighted by molar-refractivity contribution is 5.89. The lowest BCUT2D eigenvalue weighted by atomic mass is 9.98. The van der Waals surface area contributed by atoms with Crippen LogP contribution >= 0.6 is 0 Å². The molecule has 1 fully saturated rings. The molecule has 0 radical (unpaired) electrons. The van der Waals surface area contributed by atoms with E-state index in [1.54, 1.807) is 11.8 Å². The molecule has 2 aromatic rings. The molecule has 1 N–H and O–H groups in total. The van der Waals surface area contributed by atoms with Gasteiger partial charge in [-0.05, 0) is 42.0 Å². The van der Waals surface area contributed by atoms with E-state index in [-0.39, 0.29) is 30.9 Å². The maximum atomic E-state index is 12.7. The van der Waals surface area contributed by atoms with Gasteiger partial charge in [-0.1, -0.05) is 48.5 Å². The van der Waals surface area contributed by atoms with Crippen LogP contribution in [-0.2, 0) is 14.3 Å². The summed E-state index contributed by atoms with van der Waals surface area (Å²) in [5.41, 5.74) is 4.59. The molecule has 0 unspecified atom stereocenters. The number of amides is 3. The summed E-state index contributed by atoms with van der Waals surface area (Å²) in [5.74, 6) is -0.512. The van der Waals surface area contributed by atoms with Crippen molar-refractivity contribution in [1.29, 1.82) is 0 Å². The van der Waals surface area contributed by atoms with Gasteiger partial charge in [0.2, 0.25) is 11.8 Å². The first-order valence-corrected chi connectivity index (χ1v) is 11.1. The minimum absolute atomic E-state index is 0.0398. The third-order valence-corrected chi connectivity index (χ3v) is 6.46. The summed E-state index contributed by atoms with van der Waals surface area (Å²) in [7, 11) is 1.53. The minimum Gasteiger partial charge on any atom is -0.448 e. The maximum Gasteiger partial charge on any atom is 0.410 e. The highest BCUT2D eigenvalue weighted by Crippen LogP contribution is 2.44. The smallest absolute Gasteiger partial charge is 0.410 e. The zero-order valence-corrected chi connectivity index (χ0v) is 18.5. The normalized spacial score (nSPS) is 15.6. The lowest BCUT2D eigenvalue weighted by molar-refractivity contribution is -0.133. The third kappa shape index (κ3) is 4.33. The molecule has 7 heteroatoms. The van der Waals surface area contributed by atoms with Crippen LogP contribution in [0.1, 0.15) is 36.8 Å². The van der Waals surface area contributed by atoms with E-state index in [1.807, 2.05) is 24.3 Å². The molecule has 1 heterocycles. The predicted molar refractivity (Wildman–Crippen MR) is 121 cm³/mol. The van der Waals surface area contributed by atoms with E-state index in [0.717, 1.165) is 48.2 Å². The number of carbonyl (C=O) groups excluding carboxylic acids is 3. The second-order valence-corrected chi connectivity index (χ2v) is 8.40. The number of nitrogens with zero attached hydrogens (tertiary/aromatic N) is 2. The van der Waals surface area contributed by atoms with Crippen LogP contribution in [0.25, 0.3) is 11.1 Å². The van der Waals surface area contributed by atoms with Gasteiger partial charge in [-0.15, -0.1) is 0 Å². The molecular weight excluding hydrogens is 406 g/mol. The third-order valence-electron chi connectivity index (χ3n) is 6.46. The summed E-state index contributed by atoms with van der Waals surface area (Å²) in [6, 6.07) is 15.5. The van der Waals surface area contributed by atoms with Crippen molar-refractivity contribution in [3.8, 4) is 11.1 Å². The van der Waals surface area contributed by atoms with Gasteiger partial charge in [0.15, 0.2) is 0 Å². The Labute approximate surface area is 188 Å². The molecule has 32 heavy (non-hydrogen) atoms. The van der Waals surface area contributed by atoms with Crippen molar-refractivity contribution in [1.82, 2.24) is 15.1 Å². The first-order valence-electron chi connectivity index (χ1n) is 11.1. The van der Waals surface area contributed by atoms with Crippen LogP contribution in [-0.4, -0.2) is 67.0 Å². The topological polar surface area (TPSA) is 79.0 Å². The number of nitrogens with one attached hydrogen (secondary N) is 1. The van der Waals surface area contributed by atoms with E-state index in [0.29, 0.717) is 0 Å². The van der Waals surface area contributed by atoms with Gasteiger partial charge >= 0.3 is 6.09 Å². The monoisotopic (exact) mass is 435 g/mol. The van der Waals surface area contributed by atoms with Crippen LogP contribution in [0.15, 0.2) is 48.5 Å². The molecular formula is C25H29N3O4. The van der Waals surface area contributed by atoms with Crippen LogP contribution in [0, 0.1) is 0 Å². The average molecular weight is 436 g/mol. The van der Waals surface area contributed by atoms with Crippen molar-refractivity contribution in [2.75, 3.05) is 33.3 Å². The molecule has 0 aromatic heterocycles. The van der Waals surface area contributed by atoms with Crippen molar-refractivity contribution < 1.29 is 19.1 Å². The highest BCUT2D eigenvalue weighted by Gasteiger charge is 2.31. The van der Waals surface area contributed by atoms with Gasteiger partial charge in [0, 0.05) is 26.1 Å². The van der Waals surface area contributed by atoms with Crippen molar-refractivity contribution in [3.63, 3.8) is 0 Å². The Morgan fingerprint density at radius 3 is 2.19 bits per heavy atom. The average Bonchev–Trinajstić information content (AvgIpc) is 3.47. The van der Waals surface area contributed by atoms with Gasteiger partial charge in [-0.25, -0.2) is 4.79 Å². The molecule has 2 aromatic carbocycles. The van der Waals surface area contributed by atoms with Gasteiger partial charge < -0.3 is 15.0 Å². The molecule has 2 aliphatic rings. The number of likely N-dealkylation sites (N-methyl/N-ethyl adjacent to an activating group) is 1. The van der Waals surface area contributed by atoms with Crippen LogP contribution in [0.4, 0.5) is 4.79 Å². The van der Waals surface area contributed by atoms with E-state index in [1.165, 1.54) is 11.9 Å². The Balaban J connectivity index is 1.32. The molecule has 4 rings (SSSR count). The molecule has 0 saturated carbocycles. The van der Waals surface area contributed by atoms with Crippen molar-refractivity contribution >= 4 is 17.9 Å². The summed E-state index contributed by atoms with van der Waals surface area (Å²) in [5, 5.41) is 2.64. The van der Waals surface area contributed by atoms with Gasteiger partial charge in [-0.2, -0.15) is 0 Å². The van der Waals surface area contributed by atoms with Gasteiger partial charge in [-0.3, -0.25) is 14.5 Å². The SMILES string of the molecule is C[C@@H](C(=O)NCC(=O)N1CCCC1)N(C)C(=O)OCC1c2ccccc2-c2ccccc21. The van der Waals surface area contributed by atoms with E-state index in [4.69, 9.17) is 4.74 Å². The molecule has 1 aliphatic carbocycles. The summed E-state index contributed by atoms with van der Waals surface area (Å²) in [4.78, 5) is 40.3. The summed E-state index contributed by atoms with van der Waals surface area (Å²) >= 11 is 0. The molecule has 0 spiro atoms. The van der Waals surface area contributed by atoms with E-state index >= 15 is 0 Å². The second kappa shape index (κ2) is 9.42. The Bertz CT molecular complexity index is 970. The fourth-order valence-corrected chi connectivity index (χ4v) is 4.42. The number of fused-ring (bicyclic) bond motifs is 3. The number of likely N-dealkylation sites (tertiary alicyclic amines) is 1. The molecule has 1 aliphatic heterocycles. The number of hydrogen-bond acceptors (Lipinski definition) is 4. The zero-order valence-electron chi connectivity index (χ0n) is 18.5. The Morgan fingerprint density at radius 1 is 1.03 bits per heavy atom. The maximum absolute atomic E-state index is 12.7. The number of ether oxygens (including phenoxy) is 1. The molecule has 1 atom stereocenters. The van der Waals surface area contributed by atoms with E-state index in [2.05, 4.69) is 29.6 Å². The lowest BCUT2D eigenvalue weighted by Crippen LogP contribution is -2.48. The van der Waals surface area contributed by atoms with E-state index < -0.39 is 12.1 Å². The number of benzene rings is 2. The van der Waals surface area contributed by atoms with Crippen LogP contribution < -0.4 is 5.32 Å². The zero-order chi connectivity index (χ0) is 22.7. The standard InChI is InChI=1S/C25H29N3O4/c1-17(24(30)26-15-23(29)28-13-7-8-14-28)27(2)25(31)32-16-22-20-11-5-3-9-18(20)19-10-4-6-12-21(19)22/h3-6,9-12,17,22H,7-8,13-16H2,1-2H3,(H,26,30)/t17-/m0/s1. The van der Waals surface area contributed by atoms with Crippen molar-refractivity contribution in [2.24, 2.45) is 0 Å². The van der Waals surface area contributed by atoms with Gasteiger partial charge in [0.05, 0.1) is 6.54 Å². The van der Waals surface area contributed by atoms with Gasteiger partial charge in [0.25, 0.3) is 0 Å². The summed E-state index contributed by atoms with van der Waals surface area (Å²) < 4.78 is 5.61.